The number of aromatic nitrogens is 8. The van der Waals surface area contributed by atoms with Crippen LogP contribution in [0.25, 0.3) is 32.0 Å². The number of nitrogens with two attached hydrogens (primary N) is 3. The lowest BCUT2D eigenvalue weighted by Gasteiger charge is -2.31. The van der Waals surface area contributed by atoms with Gasteiger partial charge in [-0.1, -0.05) is 91.0 Å². The van der Waals surface area contributed by atoms with Gasteiger partial charge in [-0.05, 0) is 91.3 Å². The molecule has 3 atom stereocenters. The molecule has 4 heterocycles. The molecule has 0 saturated heterocycles. The number of aromatic amines is 2. The van der Waals surface area contributed by atoms with Crippen molar-refractivity contribution in [3.63, 3.8) is 0 Å². The van der Waals surface area contributed by atoms with E-state index in [1.807, 2.05) is 115 Å². The van der Waals surface area contributed by atoms with Crippen molar-refractivity contribution >= 4 is 79.6 Å². The molecule has 7 rings (SSSR count). The third-order valence-corrected chi connectivity index (χ3v) is 18.3. The van der Waals surface area contributed by atoms with Crippen molar-refractivity contribution in [1.82, 2.24) is 59.0 Å². The molecule has 7 aromatic rings. The molecule has 96 heavy (non-hydrogen) atoms. The molecular formula is C64H92ClN17O12P2. The molecule has 3 aromatic carbocycles. The number of hydrogen-bond donors (Lipinski definition) is 7. The van der Waals surface area contributed by atoms with Crippen LogP contribution in [0.3, 0.4) is 0 Å². The quantitative estimate of drug-likeness (QED) is 0.00948. The minimum atomic E-state index is -3.84. The standard InChI is InChI=1S/C36H48N9O6P.C16H26N7O4P.C12H17NO2.ClH/c1-25(2)50-34(47)29(22-27-12-8-6-9-13-27)42-52(49,43-30(35(48)51-26(3)4)23-28-14-10-7-11-15-28)21-20-44(17-16-38-5)18-19-45-24-39-31-32(45)40-36(37)41-33(31)46;1-4-26-28(25,27-5-2)11-10-22(7-6-18-3)8-9-23-12-19-13-14(23)20-16(17)21-15(13)24;1-9(2)15-12(14)11(13)8-10-6-4-3-5-7-10;/h6-15,24-26,29-30H,16-23H2,1-4H3,(H2,42,43,49)(H3,37,40,41,46);12H,4-11H2,1-2H3,(H3,17,20,21,24);3-7,9,11H,8,13H2,1-2H3;1H/t29-,30-;;11-;/m0.0./s1. The first-order valence-corrected chi connectivity index (χ1v) is 35.0. The predicted octanol–water partition coefficient (Wildman–Crippen LogP) is 6.54. The van der Waals surface area contributed by atoms with Crippen molar-refractivity contribution < 1.29 is 46.8 Å². The lowest BCUT2D eigenvalue weighted by atomic mass is 10.1. The summed E-state index contributed by atoms with van der Waals surface area (Å²) in [5, 5.41) is 6.25. The number of carbonyl (C=O) groups is 3. The molecule has 32 heteroatoms. The predicted molar refractivity (Wildman–Crippen MR) is 372 cm³/mol. The van der Waals surface area contributed by atoms with E-state index in [1.54, 1.807) is 50.7 Å². The van der Waals surface area contributed by atoms with E-state index in [2.05, 4.69) is 49.8 Å². The number of halogens is 1. The first kappa shape index (κ1) is 80.3. The number of ether oxygens (including phenoxy) is 3. The van der Waals surface area contributed by atoms with Gasteiger partial charge in [0.15, 0.2) is 22.3 Å². The Morgan fingerprint density at radius 2 is 0.938 bits per heavy atom. The van der Waals surface area contributed by atoms with Crippen LogP contribution in [0.1, 0.15) is 72.1 Å². The normalized spacial score (nSPS) is 12.5. The third kappa shape index (κ3) is 27.5. The van der Waals surface area contributed by atoms with Crippen LogP contribution in [0.5, 0.6) is 0 Å². The lowest BCUT2D eigenvalue weighted by molar-refractivity contribution is -0.150. The number of nitrogens with one attached hydrogen (secondary N) is 4. The van der Waals surface area contributed by atoms with E-state index in [4.69, 9.17) is 53.6 Å². The number of hydrogen-bond acceptors (Lipinski definition) is 21. The Hall–Kier alpha value is -8.18. The smallest absolute Gasteiger partial charge is 0.331 e. The van der Waals surface area contributed by atoms with Crippen molar-refractivity contribution in [3.8, 4) is 0 Å². The molecule has 522 valence electrons. The van der Waals surface area contributed by atoms with Crippen molar-refractivity contribution in [1.29, 1.82) is 0 Å². The molecule has 0 aliphatic rings. The second-order valence-electron chi connectivity index (χ2n) is 22.7. The highest BCUT2D eigenvalue weighted by atomic mass is 35.5. The summed E-state index contributed by atoms with van der Waals surface area (Å²) < 4.78 is 58.2. The largest absolute Gasteiger partial charge is 0.462 e. The van der Waals surface area contributed by atoms with Gasteiger partial charge in [-0.25, -0.2) is 33.3 Å². The summed E-state index contributed by atoms with van der Waals surface area (Å²) in [6, 6.07) is 25.7. The van der Waals surface area contributed by atoms with E-state index < -0.39 is 62.9 Å². The Balaban J connectivity index is 0.000000369. The monoisotopic (exact) mass is 1390 g/mol. The van der Waals surface area contributed by atoms with Crippen molar-refractivity contribution in [2.24, 2.45) is 5.73 Å². The topological polar surface area (TPSA) is 376 Å². The summed E-state index contributed by atoms with van der Waals surface area (Å²) in [6.45, 7) is 33.0. The van der Waals surface area contributed by atoms with Gasteiger partial charge >= 0.3 is 25.5 Å². The van der Waals surface area contributed by atoms with Crippen LogP contribution in [-0.2, 0) is 79.1 Å². The molecule has 0 unspecified atom stereocenters. The fourth-order valence-electron chi connectivity index (χ4n) is 9.56. The van der Waals surface area contributed by atoms with E-state index in [-0.39, 0.29) is 91.2 Å². The Kier molecular flexibility index (Phi) is 34.3. The number of fused-ring (bicyclic) bond motifs is 2. The number of carbonyl (C=O) groups excluding carboxylic acids is 3. The molecular weight excluding hydrogens is 1300 g/mol. The molecule has 0 amide bonds. The van der Waals surface area contributed by atoms with Gasteiger partial charge in [0.25, 0.3) is 11.1 Å². The molecule has 0 fully saturated rings. The maximum Gasteiger partial charge on any atom is 0.331 e. The first-order valence-electron chi connectivity index (χ1n) is 31.4. The van der Waals surface area contributed by atoms with Crippen molar-refractivity contribution in [2.45, 2.75) is 124 Å². The zero-order valence-corrected chi connectivity index (χ0v) is 58.3. The zero-order chi connectivity index (χ0) is 69.5. The van der Waals surface area contributed by atoms with Gasteiger partial charge in [-0.3, -0.25) is 52.9 Å². The van der Waals surface area contributed by atoms with E-state index in [0.29, 0.717) is 83.3 Å². The molecule has 0 saturated carbocycles. The minimum absolute atomic E-state index is 0. The molecule has 0 aliphatic heterocycles. The summed E-state index contributed by atoms with van der Waals surface area (Å²) in [5.41, 5.74) is 20.1. The Morgan fingerprint density at radius 1 is 0.573 bits per heavy atom. The molecule has 10 N–H and O–H groups in total. The number of benzene rings is 3. The maximum absolute atomic E-state index is 15.3. The van der Waals surface area contributed by atoms with Crippen LogP contribution in [0.2, 0.25) is 0 Å². The molecule has 0 aliphatic carbocycles. The van der Waals surface area contributed by atoms with Crippen molar-refractivity contribution in [3.05, 3.63) is 164 Å². The van der Waals surface area contributed by atoms with E-state index in [0.717, 1.165) is 16.7 Å². The van der Waals surface area contributed by atoms with Crippen LogP contribution in [0.4, 0.5) is 11.9 Å². The Morgan fingerprint density at radius 3 is 1.30 bits per heavy atom. The summed E-state index contributed by atoms with van der Waals surface area (Å²) >= 11 is 0. The minimum Gasteiger partial charge on any atom is -0.462 e. The summed E-state index contributed by atoms with van der Waals surface area (Å²) in [5.74, 6) is -1.51. The molecule has 4 aromatic heterocycles. The van der Waals surface area contributed by atoms with Crippen LogP contribution in [-0.4, -0.2) is 181 Å². The highest BCUT2D eigenvalue weighted by Gasteiger charge is 2.37. The van der Waals surface area contributed by atoms with Crippen LogP contribution < -0.4 is 38.5 Å². The maximum atomic E-state index is 15.3. The average Bonchev–Trinajstić information content (AvgIpc) is 1.62. The number of anilines is 2. The van der Waals surface area contributed by atoms with Gasteiger partial charge in [0.05, 0.1) is 63.4 Å². The van der Waals surface area contributed by atoms with Gasteiger partial charge in [0, 0.05) is 45.4 Å². The number of nitrogen functional groups attached to an aromatic ring is 2. The number of esters is 3. The van der Waals surface area contributed by atoms with Gasteiger partial charge < -0.3 is 59.3 Å². The molecule has 0 radical (unpaired) electrons. The average molecular weight is 1390 g/mol. The van der Waals surface area contributed by atoms with Crippen LogP contribution in [0, 0.1) is 13.1 Å². The highest BCUT2D eigenvalue weighted by molar-refractivity contribution is 7.60. The van der Waals surface area contributed by atoms with E-state index >= 15 is 4.57 Å². The van der Waals surface area contributed by atoms with Crippen molar-refractivity contribution in [2.75, 3.05) is 89.4 Å². The number of rotatable bonds is 36. The van der Waals surface area contributed by atoms with Crippen LogP contribution >= 0.6 is 27.4 Å². The fourth-order valence-corrected chi connectivity index (χ4v) is 13.5. The van der Waals surface area contributed by atoms with E-state index in [1.165, 1.54) is 12.7 Å². The Labute approximate surface area is 566 Å². The molecule has 0 spiro atoms. The zero-order valence-electron chi connectivity index (χ0n) is 55.7. The summed E-state index contributed by atoms with van der Waals surface area (Å²) in [6.07, 6.45) is 3.17. The lowest BCUT2D eigenvalue weighted by Crippen LogP contribution is -2.48. The van der Waals surface area contributed by atoms with Gasteiger partial charge in [-0.15, -0.1) is 12.4 Å². The number of H-pyrrole nitrogens is 2. The van der Waals surface area contributed by atoms with Gasteiger partial charge in [0.1, 0.15) is 18.1 Å². The van der Waals surface area contributed by atoms with E-state index in [9.17, 15) is 28.5 Å². The SMILES string of the molecule is CC(C)OC(=O)[C@@H](N)Cc1ccccc1.Cl.[C-]#[N+]CCN(CCn1cnc2c(=O)[nH]c(N)nc21)CCP(=O)(N[C@@H](Cc1ccccc1)C(=O)OC(C)C)N[C@@H](Cc1ccccc1)C(=O)OC(C)C.[C-]#[N+]CCN(CCn1cnc2c(=O)[nH]c(N)nc21)CCP(=O)(OCC)OCC. The number of imidazole rings is 2. The highest BCUT2D eigenvalue weighted by Crippen LogP contribution is 2.47. The van der Waals surface area contributed by atoms with Gasteiger partial charge in [0.2, 0.25) is 32.4 Å². The second-order valence-corrected chi connectivity index (χ2v) is 27.3. The fraction of sp³-hybridized carbons (Fsp3) is 0.484. The summed E-state index contributed by atoms with van der Waals surface area (Å²) in [7, 11) is -6.99. The molecule has 29 nitrogen and oxygen atoms in total. The number of nitrogens with zero attached hydrogens (tertiary/aromatic N) is 10. The first-order chi connectivity index (χ1) is 45.4. The van der Waals surface area contributed by atoms with Crippen LogP contribution in [0.15, 0.2) is 113 Å². The van der Waals surface area contributed by atoms with Gasteiger partial charge in [-0.2, -0.15) is 9.97 Å². The summed E-state index contributed by atoms with van der Waals surface area (Å²) in [4.78, 5) is 95.0. The third-order valence-electron chi connectivity index (χ3n) is 13.9. The second kappa shape index (κ2) is 41.0. The Bertz CT molecular complexity index is 3740. The molecule has 0 bridgehead atoms.